The van der Waals surface area contributed by atoms with Crippen molar-refractivity contribution >= 4 is 11.0 Å². The van der Waals surface area contributed by atoms with Gasteiger partial charge in [-0.1, -0.05) is 41.5 Å². The summed E-state index contributed by atoms with van der Waals surface area (Å²) in [7, 11) is 0. The number of hydrogen-bond acceptors (Lipinski definition) is 2. The van der Waals surface area contributed by atoms with E-state index in [2.05, 4.69) is 90.5 Å². The number of hydrogen-bond donors (Lipinski definition) is 2. The number of aromatic amines is 2. The summed E-state index contributed by atoms with van der Waals surface area (Å²) in [6.45, 7) is 20.6. The van der Waals surface area contributed by atoms with Crippen LogP contribution in [-0.4, -0.2) is 19.9 Å². The van der Waals surface area contributed by atoms with Gasteiger partial charge in [0, 0.05) is 68.6 Å². The third kappa shape index (κ3) is 3.50. The number of fused-ring (bicyclic) bond motifs is 8. The van der Waals surface area contributed by atoms with Crippen molar-refractivity contribution in [3.05, 3.63) is 69.1 Å². The van der Waals surface area contributed by atoms with E-state index >= 15 is 0 Å². The number of nitrogens with zero attached hydrogens (tertiary/aromatic N) is 2. The van der Waals surface area contributed by atoms with Gasteiger partial charge in [-0.15, -0.1) is 0 Å². The Hall–Kier alpha value is -2.62. The van der Waals surface area contributed by atoms with Crippen LogP contribution in [0, 0.1) is 20.8 Å². The van der Waals surface area contributed by atoms with Gasteiger partial charge in [-0.2, -0.15) is 0 Å². The molecular weight excluding hydrogens is 404 g/mol. The first-order valence-electron chi connectivity index (χ1n) is 12.4. The molecule has 33 heavy (non-hydrogen) atoms. The van der Waals surface area contributed by atoms with Gasteiger partial charge >= 0.3 is 0 Å². The zero-order valence-electron chi connectivity index (χ0n) is 21.7. The Morgan fingerprint density at radius 3 is 2.12 bits per heavy atom. The molecule has 0 aliphatic carbocycles. The highest BCUT2D eigenvalue weighted by Gasteiger charge is 2.35. The molecule has 5 heterocycles. The minimum absolute atomic E-state index is 0.00542. The molecule has 3 aliphatic heterocycles. The van der Waals surface area contributed by atoms with E-state index in [9.17, 15) is 0 Å². The molecule has 0 spiro atoms. The summed E-state index contributed by atoms with van der Waals surface area (Å²) in [4.78, 5) is 17.8. The second-order valence-electron chi connectivity index (χ2n) is 11.9. The lowest BCUT2D eigenvalue weighted by atomic mass is 9.82. The summed E-state index contributed by atoms with van der Waals surface area (Å²) >= 11 is 0. The van der Waals surface area contributed by atoms with E-state index in [0.717, 1.165) is 18.5 Å². The van der Waals surface area contributed by atoms with Gasteiger partial charge in [-0.3, -0.25) is 9.97 Å². The molecule has 174 valence electrons. The third-order valence-corrected chi connectivity index (χ3v) is 8.37. The first kappa shape index (κ1) is 22.2. The summed E-state index contributed by atoms with van der Waals surface area (Å²) in [6, 6.07) is 6.87. The molecule has 0 radical (unpaired) electrons. The minimum atomic E-state index is 0.00542. The zero-order chi connectivity index (χ0) is 23.9. The highest BCUT2D eigenvalue weighted by Crippen LogP contribution is 2.41. The lowest BCUT2D eigenvalue weighted by molar-refractivity contribution is 0.531. The molecule has 0 aromatic carbocycles. The molecule has 0 unspecified atom stereocenters. The summed E-state index contributed by atoms with van der Waals surface area (Å²) in [5.74, 6) is 0.756. The molecule has 8 bridgehead atoms. The second-order valence-corrected chi connectivity index (χ2v) is 11.9. The van der Waals surface area contributed by atoms with Gasteiger partial charge in [0.25, 0.3) is 0 Å². The molecule has 2 atom stereocenters. The van der Waals surface area contributed by atoms with Crippen LogP contribution >= 0.6 is 0 Å². The molecule has 0 amide bonds. The van der Waals surface area contributed by atoms with Crippen LogP contribution < -0.4 is 0 Å². The van der Waals surface area contributed by atoms with Crippen LogP contribution in [0.15, 0.2) is 18.2 Å². The van der Waals surface area contributed by atoms with E-state index < -0.39 is 0 Å². The van der Waals surface area contributed by atoms with Crippen molar-refractivity contribution in [2.24, 2.45) is 0 Å². The number of rotatable bonds is 0. The predicted octanol–water partition coefficient (Wildman–Crippen LogP) is 6.91. The van der Waals surface area contributed by atoms with Gasteiger partial charge < -0.3 is 9.97 Å². The first-order valence-corrected chi connectivity index (χ1v) is 12.4. The predicted molar refractivity (Wildman–Crippen MR) is 137 cm³/mol. The molecule has 0 saturated carbocycles. The van der Waals surface area contributed by atoms with Gasteiger partial charge in [-0.05, 0) is 62.1 Å². The van der Waals surface area contributed by atoms with Crippen LogP contribution in [0.3, 0.4) is 0 Å². The molecule has 4 heteroatoms. The number of aromatic nitrogens is 4. The van der Waals surface area contributed by atoms with Crippen molar-refractivity contribution in [2.75, 3.05) is 0 Å². The fraction of sp³-hybridized carbons (Fsp3) is 0.517. The number of H-pyrrole nitrogens is 2. The van der Waals surface area contributed by atoms with Crippen molar-refractivity contribution in [1.29, 1.82) is 0 Å². The first-order chi connectivity index (χ1) is 15.4. The van der Waals surface area contributed by atoms with Gasteiger partial charge in [0.15, 0.2) is 0 Å². The monoisotopic (exact) mass is 442 g/mol. The van der Waals surface area contributed by atoms with Crippen molar-refractivity contribution in [3.8, 4) is 0 Å². The maximum absolute atomic E-state index is 5.21. The summed E-state index contributed by atoms with van der Waals surface area (Å²) < 4.78 is 0. The van der Waals surface area contributed by atoms with Crippen LogP contribution in [0.25, 0.3) is 11.0 Å². The van der Waals surface area contributed by atoms with Gasteiger partial charge in [0.2, 0.25) is 0 Å². The largest absolute Gasteiger partial charge is 0.362 e. The van der Waals surface area contributed by atoms with Crippen molar-refractivity contribution < 1.29 is 0 Å². The molecule has 3 aliphatic rings. The molecular formula is C29H38N4. The Kier molecular flexibility index (Phi) is 4.83. The van der Waals surface area contributed by atoms with E-state index in [1.807, 2.05) is 0 Å². The Labute approximate surface area is 198 Å². The van der Waals surface area contributed by atoms with Crippen molar-refractivity contribution in [2.45, 2.75) is 97.8 Å². The Balaban J connectivity index is 1.93. The molecule has 0 fully saturated rings. The fourth-order valence-corrected chi connectivity index (χ4v) is 5.88. The van der Waals surface area contributed by atoms with E-state index in [4.69, 9.17) is 9.97 Å². The normalized spacial score (nSPS) is 22.3. The highest BCUT2D eigenvalue weighted by atomic mass is 14.8. The fourth-order valence-electron chi connectivity index (χ4n) is 5.88. The molecule has 2 aromatic rings. The van der Waals surface area contributed by atoms with E-state index in [0.29, 0.717) is 11.8 Å². The maximum atomic E-state index is 5.21. The Morgan fingerprint density at radius 1 is 0.758 bits per heavy atom. The summed E-state index contributed by atoms with van der Waals surface area (Å²) in [6.07, 6.45) is 1.95. The van der Waals surface area contributed by atoms with E-state index in [1.54, 1.807) is 0 Å². The van der Waals surface area contributed by atoms with Gasteiger partial charge in [-0.25, -0.2) is 0 Å². The quantitative estimate of drug-likeness (QED) is 0.466. The molecule has 2 aromatic heterocycles. The lowest BCUT2D eigenvalue weighted by Crippen LogP contribution is -2.18. The van der Waals surface area contributed by atoms with E-state index in [1.165, 1.54) is 56.2 Å². The second kappa shape index (κ2) is 7.19. The minimum Gasteiger partial charge on any atom is -0.362 e. The van der Waals surface area contributed by atoms with Crippen LogP contribution in [0.2, 0.25) is 0 Å². The van der Waals surface area contributed by atoms with Gasteiger partial charge in [0.05, 0.1) is 5.69 Å². The summed E-state index contributed by atoms with van der Waals surface area (Å²) in [5, 5.41) is 0. The van der Waals surface area contributed by atoms with Gasteiger partial charge in [0.1, 0.15) is 0 Å². The van der Waals surface area contributed by atoms with Crippen molar-refractivity contribution in [3.63, 3.8) is 0 Å². The zero-order valence-corrected chi connectivity index (χ0v) is 21.7. The molecule has 4 nitrogen and oxygen atoms in total. The van der Waals surface area contributed by atoms with Crippen LogP contribution in [0.1, 0.15) is 104 Å². The molecule has 0 saturated heterocycles. The molecule has 5 rings (SSSR count). The molecule has 2 N–H and O–H groups in total. The highest BCUT2D eigenvalue weighted by molar-refractivity contribution is 5.71. The SMILES string of the molecule is Cc1c2nc(cc3[nH]c(cc4[nH]c(cc5nc1C(C)(C)C5)C(C)(C)C4)c(C)c3C)[C@H](C)[C@H]2C. The topological polar surface area (TPSA) is 57.4 Å². The van der Waals surface area contributed by atoms with E-state index in [-0.39, 0.29) is 10.8 Å². The standard InChI is InChI=1S/C29H38N4/c1-15-16(2)23-12-24-17(3)18(4)26(33-24)19(5)27-29(8,9)14-21(31-27)11-25-28(6,7)13-20(30-25)10-22(15)32-23/h10-12,17-18,30,32H,13-14H2,1-9H3/t17-,18-/m1/s1. The van der Waals surface area contributed by atoms with Crippen LogP contribution in [0.5, 0.6) is 0 Å². The average molecular weight is 443 g/mol. The number of nitrogens with one attached hydrogen (secondary N) is 2. The maximum Gasteiger partial charge on any atom is 0.0514 e. The van der Waals surface area contributed by atoms with Crippen LogP contribution in [-0.2, 0) is 23.7 Å². The average Bonchev–Trinajstić information content (AvgIpc) is 3.36. The Morgan fingerprint density at radius 2 is 1.42 bits per heavy atom. The summed E-state index contributed by atoms with van der Waals surface area (Å²) in [5.41, 5.74) is 13.5. The lowest BCUT2D eigenvalue weighted by Gasteiger charge is -2.20. The van der Waals surface area contributed by atoms with Crippen molar-refractivity contribution in [1.82, 2.24) is 19.9 Å². The smallest absolute Gasteiger partial charge is 0.0514 e. The number of aryl methyl sites for hydroxylation is 2. The Bertz CT molecular complexity index is 1330. The van der Waals surface area contributed by atoms with Crippen LogP contribution in [0.4, 0.5) is 0 Å². The third-order valence-electron chi connectivity index (χ3n) is 8.37.